The molecule has 1 N–H and O–H groups in total. The minimum atomic E-state index is 0.0972. The van der Waals surface area contributed by atoms with E-state index < -0.39 is 0 Å². The van der Waals surface area contributed by atoms with Crippen LogP contribution in [0.1, 0.15) is 12.5 Å². The molecule has 7 heteroatoms. The third kappa shape index (κ3) is 2.85. The molecule has 0 aliphatic carbocycles. The minimum absolute atomic E-state index is 0.0972. The molecule has 24 heavy (non-hydrogen) atoms. The average molecular weight is 356 g/mol. The highest BCUT2D eigenvalue weighted by Gasteiger charge is 2.30. The number of anilines is 1. The molecule has 1 aliphatic heterocycles. The van der Waals surface area contributed by atoms with Gasteiger partial charge in [-0.2, -0.15) is 0 Å². The topological polar surface area (TPSA) is 61.9 Å². The van der Waals surface area contributed by atoms with E-state index in [1.54, 1.807) is 11.3 Å². The minimum Gasteiger partial charge on any atom is -0.308 e. The van der Waals surface area contributed by atoms with Gasteiger partial charge in [-0.15, -0.1) is 16.4 Å². The summed E-state index contributed by atoms with van der Waals surface area (Å²) in [5.41, 5.74) is 2.27. The Morgan fingerprint density at radius 1 is 1.38 bits per heavy atom. The molecule has 0 fully saturated rings. The van der Waals surface area contributed by atoms with Crippen molar-refractivity contribution in [2.75, 3.05) is 10.7 Å². The number of fused-ring (bicyclic) bond motifs is 1. The quantitative estimate of drug-likeness (QED) is 0.726. The number of carbonyl (C=O) groups excluding carboxylic acids is 1. The molecule has 1 aromatic carbocycles. The summed E-state index contributed by atoms with van der Waals surface area (Å²) < 4.78 is 0. The van der Waals surface area contributed by atoms with Gasteiger partial charge in [-0.25, -0.2) is 4.98 Å². The lowest BCUT2D eigenvalue weighted by atomic mass is 10.1. The number of amides is 1. The molecule has 0 unspecified atom stereocenters. The van der Waals surface area contributed by atoms with E-state index in [9.17, 15) is 4.79 Å². The van der Waals surface area contributed by atoms with Gasteiger partial charge in [0.25, 0.3) is 0 Å². The molecule has 5 nitrogen and oxygen atoms in total. The number of hydrogen-bond acceptors (Lipinski definition) is 5. The maximum Gasteiger partial charge on any atom is 0.237 e. The lowest BCUT2D eigenvalue weighted by Crippen LogP contribution is -2.36. The van der Waals surface area contributed by atoms with Crippen LogP contribution in [0.3, 0.4) is 0 Å². The van der Waals surface area contributed by atoms with Crippen LogP contribution in [0, 0.1) is 0 Å². The molecule has 0 radical (unpaired) electrons. The molecule has 0 saturated carbocycles. The Kier molecular flexibility index (Phi) is 4.12. The van der Waals surface area contributed by atoms with Gasteiger partial charge >= 0.3 is 0 Å². The van der Waals surface area contributed by atoms with E-state index in [1.165, 1.54) is 17.3 Å². The number of nitrogens with zero attached hydrogens (tertiary/aromatic N) is 3. The summed E-state index contributed by atoms with van der Waals surface area (Å²) in [6, 6.07) is 12.3. The molecular formula is C17H16N4OS2. The average Bonchev–Trinajstić information content (AvgIpc) is 3.31. The third-order valence-corrected chi connectivity index (χ3v) is 5.73. The fourth-order valence-corrected chi connectivity index (χ4v) is 4.30. The summed E-state index contributed by atoms with van der Waals surface area (Å²) in [6.07, 6.45) is 0.912. The van der Waals surface area contributed by atoms with Crippen LogP contribution in [0.15, 0.2) is 46.9 Å². The van der Waals surface area contributed by atoms with Crippen molar-refractivity contribution in [2.45, 2.75) is 24.5 Å². The number of rotatable bonds is 4. The molecule has 0 spiro atoms. The Morgan fingerprint density at radius 3 is 3.08 bits per heavy atom. The van der Waals surface area contributed by atoms with Gasteiger partial charge in [0.15, 0.2) is 5.82 Å². The van der Waals surface area contributed by atoms with Gasteiger partial charge in [0.2, 0.25) is 11.1 Å². The van der Waals surface area contributed by atoms with Crippen LogP contribution in [-0.2, 0) is 11.2 Å². The number of thiophene rings is 1. The molecular weight excluding hydrogens is 340 g/mol. The summed E-state index contributed by atoms with van der Waals surface area (Å²) in [5, 5.41) is 9.73. The zero-order valence-electron chi connectivity index (χ0n) is 13.1. The molecule has 1 amide bonds. The highest BCUT2D eigenvalue weighted by Crippen LogP contribution is 2.32. The first-order valence-electron chi connectivity index (χ1n) is 7.71. The van der Waals surface area contributed by atoms with Crippen molar-refractivity contribution in [1.82, 2.24) is 15.2 Å². The van der Waals surface area contributed by atoms with Gasteiger partial charge < -0.3 is 4.90 Å². The maximum absolute atomic E-state index is 12.7. The molecule has 2 aromatic heterocycles. The molecule has 0 saturated heterocycles. The Labute approximate surface area is 148 Å². The molecule has 3 aromatic rings. The van der Waals surface area contributed by atoms with Crippen LogP contribution >= 0.6 is 23.1 Å². The Hall–Kier alpha value is -2.12. The molecule has 0 bridgehead atoms. The SMILES string of the molecule is C[C@H]1Cc2ccccc2N1C(=O)CSc1n[nH]c(-c2cccs2)n1. The van der Waals surface area contributed by atoms with E-state index in [-0.39, 0.29) is 11.9 Å². The molecule has 3 heterocycles. The van der Waals surface area contributed by atoms with Crippen LogP contribution in [0.4, 0.5) is 5.69 Å². The van der Waals surface area contributed by atoms with Crippen molar-refractivity contribution in [2.24, 2.45) is 0 Å². The number of hydrogen-bond donors (Lipinski definition) is 1. The number of carbonyl (C=O) groups is 1. The predicted octanol–water partition coefficient (Wildman–Crippen LogP) is 3.60. The van der Waals surface area contributed by atoms with Gasteiger partial charge in [0.05, 0.1) is 10.6 Å². The normalized spacial score (nSPS) is 16.4. The number of aromatic nitrogens is 3. The van der Waals surface area contributed by atoms with E-state index in [2.05, 4.69) is 28.2 Å². The van der Waals surface area contributed by atoms with E-state index in [1.807, 2.05) is 40.6 Å². The number of benzene rings is 1. The van der Waals surface area contributed by atoms with Crippen LogP contribution in [0.25, 0.3) is 10.7 Å². The first kappa shape index (κ1) is 15.4. The van der Waals surface area contributed by atoms with Crippen LogP contribution in [-0.4, -0.2) is 32.9 Å². The van der Waals surface area contributed by atoms with Gasteiger partial charge in [0, 0.05) is 11.7 Å². The first-order valence-corrected chi connectivity index (χ1v) is 9.58. The number of thioether (sulfide) groups is 1. The number of H-pyrrole nitrogens is 1. The highest BCUT2D eigenvalue weighted by molar-refractivity contribution is 7.99. The molecule has 1 aliphatic rings. The number of para-hydroxylation sites is 1. The van der Waals surface area contributed by atoms with Crippen LogP contribution < -0.4 is 4.90 Å². The van der Waals surface area contributed by atoms with E-state index >= 15 is 0 Å². The van der Waals surface area contributed by atoms with Gasteiger partial charge in [-0.3, -0.25) is 9.89 Å². The summed E-state index contributed by atoms with van der Waals surface area (Å²) >= 11 is 2.98. The zero-order chi connectivity index (χ0) is 16.5. The van der Waals surface area contributed by atoms with Crippen LogP contribution in [0.5, 0.6) is 0 Å². The van der Waals surface area contributed by atoms with Gasteiger partial charge in [0.1, 0.15) is 0 Å². The summed E-state index contributed by atoms with van der Waals surface area (Å²) in [4.78, 5) is 20.1. The Bertz CT molecular complexity index is 859. The van der Waals surface area contributed by atoms with Crippen molar-refractivity contribution in [3.05, 3.63) is 47.3 Å². The highest BCUT2D eigenvalue weighted by atomic mass is 32.2. The standard InChI is InChI=1S/C17H16N4OS2/c1-11-9-12-5-2-3-6-13(12)21(11)15(22)10-24-17-18-16(19-20-17)14-7-4-8-23-14/h2-8,11H,9-10H2,1H3,(H,18,19,20)/t11-/m0/s1. The van der Waals surface area contributed by atoms with Crippen molar-refractivity contribution in [3.8, 4) is 10.7 Å². The summed E-state index contributed by atoms with van der Waals surface area (Å²) in [6.45, 7) is 2.09. The zero-order valence-corrected chi connectivity index (χ0v) is 14.7. The maximum atomic E-state index is 12.7. The van der Waals surface area contributed by atoms with Crippen LogP contribution in [0.2, 0.25) is 0 Å². The summed E-state index contributed by atoms with van der Waals surface area (Å²) in [7, 11) is 0. The second-order valence-corrected chi connectivity index (χ2v) is 7.57. The second kappa shape index (κ2) is 6.41. The van der Waals surface area contributed by atoms with E-state index in [0.717, 1.165) is 22.8 Å². The lowest BCUT2D eigenvalue weighted by molar-refractivity contribution is -0.116. The fraction of sp³-hybridized carbons (Fsp3) is 0.235. The number of nitrogens with one attached hydrogen (secondary N) is 1. The van der Waals surface area contributed by atoms with E-state index in [0.29, 0.717) is 10.9 Å². The number of aromatic amines is 1. The molecule has 4 rings (SSSR count). The Morgan fingerprint density at radius 2 is 2.25 bits per heavy atom. The smallest absolute Gasteiger partial charge is 0.237 e. The summed E-state index contributed by atoms with van der Waals surface area (Å²) in [5.74, 6) is 1.18. The van der Waals surface area contributed by atoms with Crippen molar-refractivity contribution >= 4 is 34.7 Å². The van der Waals surface area contributed by atoms with Crippen molar-refractivity contribution in [3.63, 3.8) is 0 Å². The van der Waals surface area contributed by atoms with Crippen molar-refractivity contribution in [1.29, 1.82) is 0 Å². The monoisotopic (exact) mass is 356 g/mol. The molecule has 122 valence electrons. The van der Waals surface area contributed by atoms with Gasteiger partial charge in [-0.05, 0) is 36.4 Å². The second-order valence-electron chi connectivity index (χ2n) is 5.68. The van der Waals surface area contributed by atoms with E-state index in [4.69, 9.17) is 0 Å². The lowest BCUT2D eigenvalue weighted by Gasteiger charge is -2.22. The largest absolute Gasteiger partial charge is 0.308 e. The predicted molar refractivity (Wildman–Crippen MR) is 97.5 cm³/mol. The fourth-order valence-electron chi connectivity index (χ4n) is 2.98. The third-order valence-electron chi connectivity index (χ3n) is 4.02. The van der Waals surface area contributed by atoms with Gasteiger partial charge in [-0.1, -0.05) is 36.0 Å². The van der Waals surface area contributed by atoms with Crippen molar-refractivity contribution < 1.29 is 4.79 Å². The first-order chi connectivity index (χ1) is 11.7. The molecule has 1 atom stereocenters. The Balaban J connectivity index is 1.44.